The van der Waals surface area contributed by atoms with E-state index < -0.39 is 17.6 Å². The average molecular weight is 344 g/mol. The highest BCUT2D eigenvalue weighted by Crippen LogP contribution is 2.33. The molecule has 1 aromatic rings. The monoisotopic (exact) mass is 344 g/mol. The second kappa shape index (κ2) is 6.86. The van der Waals surface area contributed by atoms with Crippen LogP contribution >= 0.6 is 11.3 Å². The molecule has 2 heterocycles. The number of thiophene rings is 1. The lowest BCUT2D eigenvalue weighted by Gasteiger charge is -2.32. The van der Waals surface area contributed by atoms with E-state index in [2.05, 4.69) is 0 Å². The van der Waals surface area contributed by atoms with Crippen molar-refractivity contribution >= 4 is 28.8 Å². The van der Waals surface area contributed by atoms with Crippen molar-refractivity contribution in [1.29, 1.82) is 5.26 Å². The minimum atomic E-state index is -1.26. The predicted molar refractivity (Wildman–Crippen MR) is 89.5 cm³/mol. The molecule has 1 aliphatic heterocycles. The molecule has 1 amide bonds. The molecule has 126 valence electrons. The molecule has 0 bridgehead atoms. The average Bonchev–Trinajstić information content (AvgIpc) is 3.35. The summed E-state index contributed by atoms with van der Waals surface area (Å²) in [6.45, 7) is 2.91. The topological polar surface area (TPSA) is 78.2 Å². The lowest BCUT2D eigenvalue weighted by atomic mass is 9.85. The minimum Gasteiger partial charge on any atom is -0.342 e. The van der Waals surface area contributed by atoms with Crippen LogP contribution in [0.25, 0.3) is 0 Å². The van der Waals surface area contributed by atoms with E-state index in [0.717, 1.165) is 24.1 Å². The molecule has 3 rings (SSSR count). The van der Waals surface area contributed by atoms with Crippen LogP contribution in [0.2, 0.25) is 0 Å². The highest BCUT2D eigenvalue weighted by Gasteiger charge is 2.39. The van der Waals surface area contributed by atoms with Crippen molar-refractivity contribution in [2.45, 2.75) is 32.6 Å². The van der Waals surface area contributed by atoms with Crippen molar-refractivity contribution in [2.24, 2.45) is 17.8 Å². The van der Waals surface area contributed by atoms with Crippen LogP contribution in [-0.2, 0) is 9.59 Å². The molecule has 0 unspecified atom stereocenters. The fraction of sp³-hybridized carbons (Fsp3) is 0.556. The zero-order valence-electron chi connectivity index (χ0n) is 13.7. The maximum absolute atomic E-state index is 12.7. The van der Waals surface area contributed by atoms with Crippen molar-refractivity contribution in [3.8, 4) is 6.07 Å². The molecule has 1 aliphatic carbocycles. The third kappa shape index (κ3) is 3.41. The van der Waals surface area contributed by atoms with Gasteiger partial charge in [-0.05, 0) is 44.7 Å². The number of hydrogen-bond acceptors (Lipinski definition) is 5. The maximum Gasteiger partial charge on any atom is 0.225 e. The Balaban J connectivity index is 1.70. The smallest absolute Gasteiger partial charge is 0.225 e. The number of carbonyl (C=O) groups excluding carboxylic acids is 3. The number of amides is 1. The van der Waals surface area contributed by atoms with Gasteiger partial charge in [-0.3, -0.25) is 14.4 Å². The second-order valence-corrected chi connectivity index (χ2v) is 7.92. The van der Waals surface area contributed by atoms with E-state index in [1.54, 1.807) is 11.0 Å². The van der Waals surface area contributed by atoms with Crippen molar-refractivity contribution in [3.05, 3.63) is 21.9 Å². The predicted octanol–water partition coefficient (Wildman–Crippen LogP) is 2.60. The Kier molecular flexibility index (Phi) is 4.81. The number of Topliss-reactive ketones (excluding diaryl/α,β-unsaturated/α-hetero) is 2. The minimum absolute atomic E-state index is 0.126. The summed E-state index contributed by atoms with van der Waals surface area (Å²) < 4.78 is 0. The van der Waals surface area contributed by atoms with E-state index in [4.69, 9.17) is 0 Å². The first-order chi connectivity index (χ1) is 11.5. The second-order valence-electron chi connectivity index (χ2n) is 6.64. The van der Waals surface area contributed by atoms with Gasteiger partial charge >= 0.3 is 0 Å². The summed E-state index contributed by atoms with van der Waals surface area (Å²) in [6, 6.07) is 5.37. The molecule has 0 spiro atoms. The number of nitrogens with zero attached hydrogens (tertiary/aromatic N) is 2. The SMILES string of the molecule is Cc1ccc(C(=O)[C@H](C#N)C(=O)[C@@H]2CCCN(C(=O)C3CC3)C2)s1. The van der Waals surface area contributed by atoms with Gasteiger partial charge in [0.15, 0.2) is 17.5 Å². The molecule has 2 fully saturated rings. The number of hydrogen-bond donors (Lipinski definition) is 0. The lowest BCUT2D eigenvalue weighted by molar-refractivity contribution is -0.136. The Bertz CT molecular complexity index is 714. The van der Waals surface area contributed by atoms with E-state index in [9.17, 15) is 19.6 Å². The van der Waals surface area contributed by atoms with Crippen LogP contribution in [0.5, 0.6) is 0 Å². The summed E-state index contributed by atoms with van der Waals surface area (Å²) in [7, 11) is 0. The molecular formula is C18H20N2O3S. The van der Waals surface area contributed by atoms with E-state index in [-0.39, 0.29) is 17.6 Å². The van der Waals surface area contributed by atoms with Crippen LogP contribution in [0.1, 0.15) is 40.2 Å². The number of rotatable bonds is 5. The Hall–Kier alpha value is -2.00. The number of carbonyl (C=O) groups is 3. The van der Waals surface area contributed by atoms with Gasteiger partial charge in [-0.2, -0.15) is 5.26 Å². The highest BCUT2D eigenvalue weighted by atomic mass is 32.1. The van der Waals surface area contributed by atoms with Crippen molar-refractivity contribution in [1.82, 2.24) is 4.90 Å². The normalized spacial score (nSPS) is 21.8. The van der Waals surface area contributed by atoms with Crippen molar-refractivity contribution < 1.29 is 14.4 Å². The van der Waals surface area contributed by atoms with Crippen LogP contribution in [0.4, 0.5) is 0 Å². The molecule has 1 aromatic heterocycles. The Morgan fingerprint density at radius 3 is 2.58 bits per heavy atom. The van der Waals surface area contributed by atoms with Gasteiger partial charge in [0.1, 0.15) is 0 Å². The fourth-order valence-corrected chi connectivity index (χ4v) is 4.03. The Morgan fingerprint density at radius 1 is 1.25 bits per heavy atom. The van der Waals surface area contributed by atoms with E-state index >= 15 is 0 Å². The molecule has 2 aliphatic rings. The Labute approximate surface area is 145 Å². The van der Waals surface area contributed by atoms with Crippen LogP contribution in [0.3, 0.4) is 0 Å². The molecule has 0 N–H and O–H groups in total. The summed E-state index contributed by atoms with van der Waals surface area (Å²) in [4.78, 5) is 40.6. The third-order valence-electron chi connectivity index (χ3n) is 4.72. The van der Waals surface area contributed by atoms with Gasteiger partial charge in [0.25, 0.3) is 0 Å². The van der Waals surface area contributed by atoms with Gasteiger partial charge in [0.05, 0.1) is 10.9 Å². The van der Waals surface area contributed by atoms with Gasteiger partial charge in [0, 0.05) is 29.8 Å². The van der Waals surface area contributed by atoms with E-state index in [1.807, 2.05) is 19.1 Å². The highest BCUT2D eigenvalue weighted by molar-refractivity contribution is 7.14. The summed E-state index contributed by atoms with van der Waals surface area (Å²) in [5.74, 6) is -2.16. The van der Waals surface area contributed by atoms with Crippen LogP contribution in [-0.4, -0.2) is 35.5 Å². The molecule has 0 radical (unpaired) electrons. The standard InChI is InChI=1S/C18H20N2O3S/c1-11-4-7-15(24-11)17(22)14(9-19)16(21)13-3-2-8-20(10-13)18(23)12-5-6-12/h4,7,12-14H,2-3,5-6,8,10H2,1H3/t13-,14-/m1/s1. The molecule has 0 aromatic carbocycles. The summed E-state index contributed by atoms with van der Waals surface area (Å²) in [5, 5.41) is 9.37. The molecule has 2 atom stereocenters. The van der Waals surface area contributed by atoms with Gasteiger partial charge < -0.3 is 4.90 Å². The zero-order chi connectivity index (χ0) is 17.3. The molecule has 6 heteroatoms. The fourth-order valence-electron chi connectivity index (χ4n) is 3.19. The molecular weight excluding hydrogens is 324 g/mol. The van der Waals surface area contributed by atoms with Gasteiger partial charge in [0.2, 0.25) is 5.91 Å². The van der Waals surface area contributed by atoms with Gasteiger partial charge in [-0.25, -0.2) is 0 Å². The third-order valence-corrected chi connectivity index (χ3v) is 5.74. The van der Waals surface area contributed by atoms with Crippen molar-refractivity contribution in [2.75, 3.05) is 13.1 Å². The molecule has 5 nitrogen and oxygen atoms in total. The van der Waals surface area contributed by atoms with Crippen LogP contribution < -0.4 is 0 Å². The summed E-state index contributed by atoms with van der Waals surface area (Å²) >= 11 is 1.30. The van der Waals surface area contributed by atoms with Gasteiger partial charge in [-0.15, -0.1) is 11.3 Å². The van der Waals surface area contributed by atoms with Crippen LogP contribution in [0.15, 0.2) is 12.1 Å². The molecule has 24 heavy (non-hydrogen) atoms. The largest absolute Gasteiger partial charge is 0.342 e. The first-order valence-electron chi connectivity index (χ1n) is 8.34. The molecule has 1 saturated heterocycles. The first-order valence-corrected chi connectivity index (χ1v) is 9.15. The van der Waals surface area contributed by atoms with E-state index in [1.165, 1.54) is 11.3 Å². The number of likely N-dealkylation sites (tertiary alicyclic amines) is 1. The zero-order valence-corrected chi connectivity index (χ0v) is 14.5. The molecule has 1 saturated carbocycles. The quantitative estimate of drug-likeness (QED) is 0.607. The number of piperidine rings is 1. The lowest BCUT2D eigenvalue weighted by Crippen LogP contribution is -2.45. The Morgan fingerprint density at radius 2 is 2.00 bits per heavy atom. The maximum atomic E-state index is 12.7. The van der Waals surface area contributed by atoms with Crippen molar-refractivity contribution in [3.63, 3.8) is 0 Å². The number of ketones is 2. The van der Waals surface area contributed by atoms with Gasteiger partial charge in [-0.1, -0.05) is 0 Å². The first kappa shape index (κ1) is 16.8. The summed E-state index contributed by atoms with van der Waals surface area (Å²) in [6.07, 6.45) is 3.26. The van der Waals surface area contributed by atoms with Crippen LogP contribution in [0, 0.1) is 36.0 Å². The summed E-state index contributed by atoms with van der Waals surface area (Å²) in [5.41, 5.74) is 0. The van der Waals surface area contributed by atoms with E-state index in [0.29, 0.717) is 24.4 Å². The number of nitriles is 1. The number of aryl methyl sites for hydroxylation is 1.